The maximum absolute atomic E-state index is 12.9. The first-order valence-electron chi connectivity index (χ1n) is 9.91. The van der Waals surface area contributed by atoms with Crippen LogP contribution in [0.15, 0.2) is 24.3 Å². The molecule has 146 valence electrons. The fourth-order valence-electron chi connectivity index (χ4n) is 4.16. The molecule has 0 saturated carbocycles. The van der Waals surface area contributed by atoms with Crippen LogP contribution in [0.4, 0.5) is 5.69 Å². The van der Waals surface area contributed by atoms with E-state index < -0.39 is 0 Å². The van der Waals surface area contributed by atoms with Crippen LogP contribution in [-0.2, 0) is 20.8 Å². The van der Waals surface area contributed by atoms with Crippen molar-refractivity contribution >= 4 is 23.4 Å². The third-order valence-electron chi connectivity index (χ3n) is 5.82. The van der Waals surface area contributed by atoms with Gasteiger partial charge >= 0.3 is 0 Å². The lowest BCUT2D eigenvalue weighted by Gasteiger charge is -2.33. The van der Waals surface area contributed by atoms with Gasteiger partial charge in [-0.05, 0) is 36.8 Å². The van der Waals surface area contributed by atoms with Crippen molar-refractivity contribution in [3.05, 3.63) is 29.8 Å². The van der Waals surface area contributed by atoms with Crippen LogP contribution in [0.3, 0.4) is 0 Å². The number of carbonyl (C=O) groups excluding carboxylic acids is 3. The summed E-state index contributed by atoms with van der Waals surface area (Å²) in [6.45, 7) is 3.89. The van der Waals surface area contributed by atoms with E-state index in [4.69, 9.17) is 0 Å². The molecule has 1 aromatic carbocycles. The highest BCUT2D eigenvalue weighted by Gasteiger charge is 2.38. The Bertz CT molecular complexity index is 710. The Labute approximate surface area is 160 Å². The van der Waals surface area contributed by atoms with Gasteiger partial charge in [0.25, 0.3) is 0 Å². The summed E-state index contributed by atoms with van der Waals surface area (Å²) in [6, 6.07) is 7.92. The van der Waals surface area contributed by atoms with Gasteiger partial charge in [0, 0.05) is 45.2 Å². The topological polar surface area (TPSA) is 69.7 Å². The summed E-state index contributed by atoms with van der Waals surface area (Å²) in [5.41, 5.74) is 2.07. The Morgan fingerprint density at radius 2 is 1.89 bits per heavy atom. The van der Waals surface area contributed by atoms with Crippen LogP contribution in [-0.4, -0.2) is 49.3 Å². The number of hydrogen-bond donors (Lipinski definition) is 1. The van der Waals surface area contributed by atoms with Gasteiger partial charge in [0.2, 0.25) is 17.7 Å². The first-order chi connectivity index (χ1) is 13.0. The molecule has 3 amide bonds. The summed E-state index contributed by atoms with van der Waals surface area (Å²) in [5.74, 6) is 0.249. The van der Waals surface area contributed by atoms with Crippen molar-refractivity contribution in [1.29, 1.82) is 0 Å². The molecule has 0 spiro atoms. The predicted octanol–water partition coefficient (Wildman–Crippen LogP) is 1.98. The molecule has 0 bridgehead atoms. The van der Waals surface area contributed by atoms with E-state index in [0.717, 1.165) is 30.5 Å². The second-order valence-electron chi connectivity index (χ2n) is 7.53. The van der Waals surface area contributed by atoms with E-state index >= 15 is 0 Å². The summed E-state index contributed by atoms with van der Waals surface area (Å²) in [4.78, 5) is 40.7. The molecule has 1 aromatic rings. The zero-order chi connectivity index (χ0) is 19.4. The number of piperidine rings is 1. The molecule has 2 saturated heterocycles. The molecule has 1 N–H and O–H groups in total. The predicted molar refractivity (Wildman–Crippen MR) is 104 cm³/mol. The van der Waals surface area contributed by atoms with E-state index in [9.17, 15) is 14.4 Å². The van der Waals surface area contributed by atoms with Crippen molar-refractivity contribution < 1.29 is 14.4 Å². The highest BCUT2D eigenvalue weighted by molar-refractivity contribution is 6.00. The quantitative estimate of drug-likeness (QED) is 0.860. The Morgan fingerprint density at radius 1 is 1.19 bits per heavy atom. The number of nitrogens with one attached hydrogen (secondary N) is 1. The van der Waals surface area contributed by atoms with Gasteiger partial charge in [0.1, 0.15) is 0 Å². The van der Waals surface area contributed by atoms with Crippen LogP contribution in [0.2, 0.25) is 0 Å². The average molecular weight is 371 g/mol. The van der Waals surface area contributed by atoms with Crippen LogP contribution in [0, 0.1) is 11.8 Å². The van der Waals surface area contributed by atoms with Crippen LogP contribution >= 0.6 is 0 Å². The standard InChI is InChI=1S/C21H29N3O3/c1-3-16-6-4-5-7-18(16)24-14-17(13-20(24)26)21(27)23-10-8-15(9-11-23)12-19(25)22-2/h4-7,15,17H,3,8-14H2,1-2H3,(H,22,25). The van der Waals surface area contributed by atoms with Gasteiger partial charge in [-0.1, -0.05) is 25.1 Å². The van der Waals surface area contributed by atoms with Gasteiger partial charge in [-0.2, -0.15) is 0 Å². The second-order valence-corrected chi connectivity index (χ2v) is 7.53. The van der Waals surface area contributed by atoms with Gasteiger partial charge in [0.05, 0.1) is 5.92 Å². The van der Waals surface area contributed by atoms with E-state index in [1.54, 1.807) is 11.9 Å². The minimum atomic E-state index is -0.266. The number of para-hydroxylation sites is 1. The number of benzene rings is 1. The maximum atomic E-state index is 12.9. The van der Waals surface area contributed by atoms with E-state index in [0.29, 0.717) is 32.0 Å². The summed E-state index contributed by atoms with van der Waals surface area (Å²) in [7, 11) is 1.65. The van der Waals surface area contributed by atoms with Crippen molar-refractivity contribution in [2.45, 2.75) is 39.0 Å². The van der Waals surface area contributed by atoms with E-state index in [1.807, 2.05) is 29.2 Å². The summed E-state index contributed by atoms with van der Waals surface area (Å²) < 4.78 is 0. The smallest absolute Gasteiger partial charge is 0.228 e. The lowest BCUT2D eigenvalue weighted by molar-refractivity contribution is -0.137. The summed E-state index contributed by atoms with van der Waals surface area (Å²) >= 11 is 0. The molecule has 27 heavy (non-hydrogen) atoms. The highest BCUT2D eigenvalue weighted by Crippen LogP contribution is 2.30. The molecule has 1 unspecified atom stereocenters. The van der Waals surface area contributed by atoms with E-state index in [2.05, 4.69) is 12.2 Å². The number of rotatable bonds is 5. The zero-order valence-electron chi connectivity index (χ0n) is 16.2. The van der Waals surface area contributed by atoms with Crippen molar-refractivity contribution in [1.82, 2.24) is 10.2 Å². The van der Waals surface area contributed by atoms with Crippen LogP contribution in [0.25, 0.3) is 0 Å². The number of carbonyl (C=O) groups is 3. The molecule has 2 heterocycles. The van der Waals surface area contributed by atoms with Crippen molar-refractivity contribution in [3.63, 3.8) is 0 Å². The third kappa shape index (κ3) is 4.31. The minimum Gasteiger partial charge on any atom is -0.359 e. The first kappa shape index (κ1) is 19.4. The van der Waals surface area contributed by atoms with Crippen LogP contribution in [0.1, 0.15) is 38.2 Å². The van der Waals surface area contributed by atoms with Crippen molar-refractivity contribution in [3.8, 4) is 0 Å². The maximum Gasteiger partial charge on any atom is 0.228 e. The largest absolute Gasteiger partial charge is 0.359 e. The molecule has 3 rings (SSSR count). The molecule has 1 atom stereocenters. The molecule has 2 aliphatic heterocycles. The summed E-state index contributed by atoms with van der Waals surface area (Å²) in [5, 5.41) is 2.66. The monoisotopic (exact) mass is 371 g/mol. The fourth-order valence-corrected chi connectivity index (χ4v) is 4.16. The van der Waals surface area contributed by atoms with Crippen molar-refractivity contribution in [2.24, 2.45) is 11.8 Å². The average Bonchev–Trinajstić information content (AvgIpc) is 3.09. The number of anilines is 1. The van der Waals surface area contributed by atoms with Crippen LogP contribution < -0.4 is 10.2 Å². The normalized spacial score (nSPS) is 20.8. The molecule has 2 aliphatic rings. The number of amides is 3. The molecule has 2 fully saturated rings. The summed E-state index contributed by atoms with van der Waals surface area (Å²) in [6.07, 6.45) is 3.37. The minimum absolute atomic E-state index is 0.0313. The number of aryl methyl sites for hydroxylation is 1. The molecule has 6 heteroatoms. The van der Waals surface area contributed by atoms with E-state index in [-0.39, 0.29) is 30.1 Å². The van der Waals surface area contributed by atoms with Gasteiger partial charge in [-0.3, -0.25) is 14.4 Å². The zero-order valence-corrected chi connectivity index (χ0v) is 16.2. The molecular formula is C21H29N3O3. The molecule has 6 nitrogen and oxygen atoms in total. The van der Waals surface area contributed by atoms with Gasteiger partial charge in [-0.15, -0.1) is 0 Å². The van der Waals surface area contributed by atoms with Gasteiger partial charge in [-0.25, -0.2) is 0 Å². The first-order valence-corrected chi connectivity index (χ1v) is 9.91. The van der Waals surface area contributed by atoms with Gasteiger partial charge < -0.3 is 15.1 Å². The Hall–Kier alpha value is -2.37. The number of likely N-dealkylation sites (tertiary alicyclic amines) is 1. The molecule has 0 aliphatic carbocycles. The van der Waals surface area contributed by atoms with Crippen molar-refractivity contribution in [2.75, 3.05) is 31.6 Å². The lowest BCUT2D eigenvalue weighted by atomic mass is 9.92. The molecule has 0 aromatic heterocycles. The lowest BCUT2D eigenvalue weighted by Crippen LogP contribution is -2.43. The van der Waals surface area contributed by atoms with Crippen LogP contribution in [0.5, 0.6) is 0 Å². The van der Waals surface area contributed by atoms with E-state index in [1.165, 1.54) is 0 Å². The van der Waals surface area contributed by atoms with Gasteiger partial charge in [0.15, 0.2) is 0 Å². The Kier molecular flexibility index (Phi) is 6.14. The Balaban J connectivity index is 1.59. The number of nitrogens with zero attached hydrogens (tertiary/aromatic N) is 2. The second kappa shape index (κ2) is 8.55. The molecular weight excluding hydrogens is 342 g/mol. The highest BCUT2D eigenvalue weighted by atomic mass is 16.2. The third-order valence-corrected chi connectivity index (χ3v) is 5.82. The molecule has 0 radical (unpaired) electrons. The Morgan fingerprint density at radius 3 is 2.56 bits per heavy atom. The number of hydrogen-bond acceptors (Lipinski definition) is 3. The fraction of sp³-hybridized carbons (Fsp3) is 0.571. The SMILES string of the molecule is CCc1ccccc1N1CC(C(=O)N2CCC(CC(=O)NC)CC2)CC1=O.